The van der Waals surface area contributed by atoms with Crippen LogP contribution in [-0.4, -0.2) is 37.1 Å². The van der Waals surface area contributed by atoms with Gasteiger partial charge in [0, 0.05) is 25.7 Å². The molecule has 2 nitrogen and oxygen atoms in total. The topological polar surface area (TPSA) is 15.3 Å². The van der Waals surface area contributed by atoms with Gasteiger partial charge in [-0.3, -0.25) is 4.90 Å². The van der Waals surface area contributed by atoms with Crippen molar-refractivity contribution in [3.05, 3.63) is 0 Å². The Morgan fingerprint density at radius 2 is 2.14 bits per heavy atom. The predicted octanol–water partition coefficient (Wildman–Crippen LogP) is 1.72. The Morgan fingerprint density at radius 3 is 2.71 bits per heavy atom. The maximum Gasteiger partial charge on any atom is 0.0147 e. The molecule has 2 atom stereocenters. The zero-order valence-corrected chi connectivity index (χ0v) is 9.84. The third-order valence-electron chi connectivity index (χ3n) is 4.02. The van der Waals surface area contributed by atoms with Crippen molar-refractivity contribution < 1.29 is 0 Å². The highest BCUT2D eigenvalue weighted by atomic mass is 15.2. The molecule has 0 aromatic carbocycles. The molecule has 0 aromatic rings. The molecule has 82 valence electrons. The summed E-state index contributed by atoms with van der Waals surface area (Å²) in [6, 6.07) is 0.852. The average Bonchev–Trinajstić information content (AvgIpc) is 2.28. The van der Waals surface area contributed by atoms with Crippen LogP contribution in [0.3, 0.4) is 0 Å². The molecule has 0 spiro atoms. The summed E-state index contributed by atoms with van der Waals surface area (Å²) in [5.74, 6) is 0.814. The van der Waals surface area contributed by atoms with Crippen LogP contribution < -0.4 is 5.32 Å². The molecule has 1 saturated heterocycles. The van der Waals surface area contributed by atoms with E-state index in [1.807, 2.05) is 0 Å². The smallest absolute Gasteiger partial charge is 0.0147 e. The Bertz CT molecular complexity index is 200. The van der Waals surface area contributed by atoms with Crippen LogP contribution in [0, 0.1) is 11.3 Å². The van der Waals surface area contributed by atoms with Gasteiger partial charge in [0.2, 0.25) is 0 Å². The molecular formula is C12H24N2. The molecular weight excluding hydrogens is 172 g/mol. The second-order valence-corrected chi connectivity index (χ2v) is 5.85. The molecule has 0 aromatic heterocycles. The molecule has 0 amide bonds. The van der Waals surface area contributed by atoms with E-state index in [1.165, 1.54) is 39.0 Å². The van der Waals surface area contributed by atoms with E-state index in [1.54, 1.807) is 0 Å². The lowest BCUT2D eigenvalue weighted by Gasteiger charge is -2.50. The molecule has 2 heteroatoms. The van der Waals surface area contributed by atoms with Crippen molar-refractivity contribution in [3.63, 3.8) is 0 Å². The first-order valence-electron chi connectivity index (χ1n) is 6.04. The van der Waals surface area contributed by atoms with Crippen molar-refractivity contribution >= 4 is 0 Å². The lowest BCUT2D eigenvalue weighted by atomic mass is 9.66. The van der Waals surface area contributed by atoms with E-state index in [0.717, 1.165) is 12.0 Å². The molecule has 1 N–H and O–H groups in total. The highest BCUT2D eigenvalue weighted by Crippen LogP contribution is 2.43. The Kier molecular flexibility index (Phi) is 2.85. The standard InChI is InChI=1S/C12H24N2/c1-10-8-13-6-7-14(9-10)11-4-5-12(11,2)3/h10-11,13H,4-9H2,1-3H3. The van der Waals surface area contributed by atoms with Gasteiger partial charge in [0.1, 0.15) is 0 Å². The Hall–Kier alpha value is -0.0800. The van der Waals surface area contributed by atoms with E-state index in [0.29, 0.717) is 5.41 Å². The minimum absolute atomic E-state index is 0.573. The lowest BCUT2D eigenvalue weighted by molar-refractivity contribution is -0.00146. The summed E-state index contributed by atoms with van der Waals surface area (Å²) >= 11 is 0. The van der Waals surface area contributed by atoms with Gasteiger partial charge in [-0.05, 0) is 30.7 Å². The van der Waals surface area contributed by atoms with Crippen LogP contribution in [-0.2, 0) is 0 Å². The summed E-state index contributed by atoms with van der Waals surface area (Å²) in [7, 11) is 0. The SMILES string of the molecule is CC1CNCCN(C2CCC2(C)C)C1. The van der Waals surface area contributed by atoms with Gasteiger partial charge in [-0.2, -0.15) is 0 Å². The van der Waals surface area contributed by atoms with E-state index < -0.39 is 0 Å². The van der Waals surface area contributed by atoms with Crippen LogP contribution >= 0.6 is 0 Å². The Balaban J connectivity index is 1.95. The monoisotopic (exact) mass is 196 g/mol. The Morgan fingerprint density at radius 1 is 1.36 bits per heavy atom. The fourth-order valence-corrected chi connectivity index (χ4v) is 2.94. The second-order valence-electron chi connectivity index (χ2n) is 5.85. The van der Waals surface area contributed by atoms with E-state index in [9.17, 15) is 0 Å². The van der Waals surface area contributed by atoms with Gasteiger partial charge < -0.3 is 5.32 Å². The molecule has 1 aliphatic carbocycles. The molecule has 1 aliphatic heterocycles. The summed E-state index contributed by atoms with van der Waals surface area (Å²) in [4.78, 5) is 2.72. The summed E-state index contributed by atoms with van der Waals surface area (Å²) in [5, 5.41) is 3.52. The third-order valence-corrected chi connectivity index (χ3v) is 4.02. The molecule has 0 radical (unpaired) electrons. The highest BCUT2D eigenvalue weighted by molar-refractivity contribution is 4.96. The van der Waals surface area contributed by atoms with Crippen LogP contribution in [0.2, 0.25) is 0 Å². The summed E-state index contributed by atoms with van der Waals surface area (Å²) < 4.78 is 0. The van der Waals surface area contributed by atoms with E-state index >= 15 is 0 Å². The van der Waals surface area contributed by atoms with E-state index in [2.05, 4.69) is 31.0 Å². The van der Waals surface area contributed by atoms with Crippen molar-refractivity contribution in [2.24, 2.45) is 11.3 Å². The van der Waals surface area contributed by atoms with Gasteiger partial charge in [0.25, 0.3) is 0 Å². The average molecular weight is 196 g/mol. The zero-order chi connectivity index (χ0) is 10.2. The van der Waals surface area contributed by atoms with Crippen molar-refractivity contribution in [3.8, 4) is 0 Å². The van der Waals surface area contributed by atoms with Crippen molar-refractivity contribution in [2.75, 3.05) is 26.2 Å². The van der Waals surface area contributed by atoms with Crippen LogP contribution in [0.15, 0.2) is 0 Å². The first-order chi connectivity index (χ1) is 6.59. The number of hydrogen-bond donors (Lipinski definition) is 1. The molecule has 14 heavy (non-hydrogen) atoms. The number of nitrogens with zero attached hydrogens (tertiary/aromatic N) is 1. The summed E-state index contributed by atoms with van der Waals surface area (Å²) in [6.07, 6.45) is 2.83. The van der Waals surface area contributed by atoms with Crippen molar-refractivity contribution in [1.82, 2.24) is 10.2 Å². The molecule has 2 rings (SSSR count). The number of rotatable bonds is 1. The van der Waals surface area contributed by atoms with Gasteiger partial charge in [0.05, 0.1) is 0 Å². The van der Waals surface area contributed by atoms with Gasteiger partial charge in [0.15, 0.2) is 0 Å². The fraction of sp³-hybridized carbons (Fsp3) is 1.00. The quantitative estimate of drug-likeness (QED) is 0.687. The number of nitrogens with one attached hydrogen (secondary N) is 1. The lowest BCUT2D eigenvalue weighted by Crippen LogP contribution is -2.53. The van der Waals surface area contributed by atoms with Crippen LogP contribution in [0.5, 0.6) is 0 Å². The molecule has 0 bridgehead atoms. The van der Waals surface area contributed by atoms with Crippen LogP contribution in [0.1, 0.15) is 33.6 Å². The zero-order valence-electron chi connectivity index (χ0n) is 9.84. The van der Waals surface area contributed by atoms with E-state index in [4.69, 9.17) is 0 Å². The van der Waals surface area contributed by atoms with Gasteiger partial charge >= 0.3 is 0 Å². The predicted molar refractivity (Wildman–Crippen MR) is 60.4 cm³/mol. The summed E-state index contributed by atoms with van der Waals surface area (Å²) in [6.45, 7) is 12.1. The Labute approximate surface area is 88.1 Å². The minimum Gasteiger partial charge on any atom is -0.315 e. The van der Waals surface area contributed by atoms with Crippen LogP contribution in [0.25, 0.3) is 0 Å². The summed E-state index contributed by atoms with van der Waals surface area (Å²) in [5.41, 5.74) is 0.573. The van der Waals surface area contributed by atoms with Crippen molar-refractivity contribution in [2.45, 2.75) is 39.7 Å². The van der Waals surface area contributed by atoms with E-state index in [-0.39, 0.29) is 0 Å². The van der Waals surface area contributed by atoms with Gasteiger partial charge in [-0.25, -0.2) is 0 Å². The third kappa shape index (κ3) is 1.96. The molecule has 2 fully saturated rings. The maximum absolute atomic E-state index is 3.52. The second kappa shape index (κ2) is 3.82. The van der Waals surface area contributed by atoms with Crippen LogP contribution in [0.4, 0.5) is 0 Å². The molecule has 1 heterocycles. The molecule has 2 unspecified atom stereocenters. The first-order valence-corrected chi connectivity index (χ1v) is 6.04. The highest BCUT2D eigenvalue weighted by Gasteiger charge is 2.42. The van der Waals surface area contributed by atoms with Crippen molar-refractivity contribution in [1.29, 1.82) is 0 Å². The molecule has 2 aliphatic rings. The largest absolute Gasteiger partial charge is 0.315 e. The first kappa shape index (κ1) is 10.4. The normalized spacial score (nSPS) is 38.8. The van der Waals surface area contributed by atoms with Gasteiger partial charge in [-0.15, -0.1) is 0 Å². The number of hydrogen-bond acceptors (Lipinski definition) is 2. The van der Waals surface area contributed by atoms with Gasteiger partial charge in [-0.1, -0.05) is 20.8 Å². The fourth-order valence-electron chi connectivity index (χ4n) is 2.94. The molecule has 1 saturated carbocycles. The minimum atomic E-state index is 0.573. The maximum atomic E-state index is 3.52.